The van der Waals surface area contributed by atoms with E-state index in [1.54, 1.807) is 4.90 Å². The first-order valence-electron chi connectivity index (χ1n) is 9.34. The molecule has 1 aromatic heterocycles. The van der Waals surface area contributed by atoms with Crippen LogP contribution >= 0.6 is 0 Å². The number of hydrogen-bond acceptors (Lipinski definition) is 4. The zero-order valence-corrected chi connectivity index (χ0v) is 15.3. The minimum absolute atomic E-state index is 0.0538. The number of fused-ring (bicyclic) bond motifs is 1. The van der Waals surface area contributed by atoms with Gasteiger partial charge in [0.25, 0.3) is 5.91 Å². The summed E-state index contributed by atoms with van der Waals surface area (Å²) >= 11 is 0. The highest BCUT2D eigenvalue weighted by Gasteiger charge is 2.34. The fraction of sp³-hybridized carbons (Fsp3) is 0.273. The van der Waals surface area contributed by atoms with Crippen LogP contribution in [0, 0.1) is 0 Å². The van der Waals surface area contributed by atoms with Crippen molar-refractivity contribution < 1.29 is 23.8 Å². The van der Waals surface area contributed by atoms with E-state index in [-0.39, 0.29) is 30.7 Å². The maximum absolute atomic E-state index is 13.2. The molecule has 0 radical (unpaired) electrons. The highest BCUT2D eigenvalue weighted by Crippen LogP contribution is 2.31. The molecule has 1 aliphatic heterocycles. The molecule has 1 unspecified atom stereocenters. The van der Waals surface area contributed by atoms with Crippen LogP contribution < -0.4 is 4.74 Å². The van der Waals surface area contributed by atoms with Crippen molar-refractivity contribution in [3.8, 4) is 5.75 Å². The van der Waals surface area contributed by atoms with Crippen molar-refractivity contribution >= 4 is 22.8 Å². The Balaban J connectivity index is 1.66. The molecule has 0 aliphatic carbocycles. The zero-order valence-electron chi connectivity index (χ0n) is 15.3. The second kappa shape index (κ2) is 7.76. The number of benzene rings is 2. The van der Waals surface area contributed by atoms with Crippen LogP contribution in [0.4, 0.5) is 0 Å². The van der Waals surface area contributed by atoms with Crippen LogP contribution in [0.3, 0.4) is 0 Å². The van der Waals surface area contributed by atoms with Gasteiger partial charge in [0, 0.05) is 23.5 Å². The number of carboxylic acids is 1. The molecule has 1 N–H and O–H groups in total. The van der Waals surface area contributed by atoms with Crippen molar-refractivity contribution in [1.82, 2.24) is 4.90 Å². The van der Waals surface area contributed by atoms with Crippen molar-refractivity contribution in [2.75, 3.05) is 6.54 Å². The number of carbonyl (C=O) groups excluding carboxylic acids is 1. The van der Waals surface area contributed by atoms with Crippen molar-refractivity contribution in [3.05, 3.63) is 65.9 Å². The molecule has 1 saturated heterocycles. The normalized spacial score (nSPS) is 16.4. The number of para-hydroxylation sites is 2. The summed E-state index contributed by atoms with van der Waals surface area (Å²) in [7, 11) is 0. The van der Waals surface area contributed by atoms with Gasteiger partial charge in [0.15, 0.2) is 5.76 Å². The van der Waals surface area contributed by atoms with Gasteiger partial charge in [-0.25, -0.2) is 0 Å². The van der Waals surface area contributed by atoms with Gasteiger partial charge in [-0.3, -0.25) is 9.59 Å². The largest absolute Gasteiger partial charge is 0.489 e. The Labute approximate surface area is 162 Å². The molecule has 0 saturated carbocycles. The van der Waals surface area contributed by atoms with Crippen LogP contribution in [0.5, 0.6) is 5.75 Å². The van der Waals surface area contributed by atoms with Gasteiger partial charge in [0.2, 0.25) is 0 Å². The monoisotopic (exact) mass is 379 g/mol. The molecule has 6 nitrogen and oxygen atoms in total. The summed E-state index contributed by atoms with van der Waals surface area (Å²) in [5, 5.41) is 9.97. The second-order valence-corrected chi connectivity index (χ2v) is 6.90. The van der Waals surface area contributed by atoms with E-state index in [2.05, 4.69) is 0 Å². The lowest BCUT2D eigenvalue weighted by molar-refractivity contribution is -0.137. The molecule has 0 spiro atoms. The predicted octanol–water partition coefficient (Wildman–Crippen LogP) is 4.09. The van der Waals surface area contributed by atoms with E-state index >= 15 is 0 Å². The van der Waals surface area contributed by atoms with Gasteiger partial charge in [-0.15, -0.1) is 0 Å². The maximum atomic E-state index is 13.2. The van der Waals surface area contributed by atoms with Crippen LogP contribution in [0.25, 0.3) is 11.0 Å². The average Bonchev–Trinajstić information content (AvgIpc) is 3.30. The van der Waals surface area contributed by atoms with Gasteiger partial charge < -0.3 is 19.2 Å². The number of amides is 1. The Bertz CT molecular complexity index is 995. The number of carbonyl (C=O) groups is 2. The third kappa shape index (κ3) is 3.58. The quantitative estimate of drug-likeness (QED) is 0.698. The smallest absolute Gasteiger partial charge is 0.305 e. The first-order chi connectivity index (χ1) is 13.6. The van der Waals surface area contributed by atoms with Gasteiger partial charge in [0.1, 0.15) is 17.9 Å². The van der Waals surface area contributed by atoms with E-state index in [4.69, 9.17) is 14.3 Å². The Morgan fingerprint density at radius 2 is 1.86 bits per heavy atom. The number of aliphatic carboxylic acids is 1. The van der Waals surface area contributed by atoms with Gasteiger partial charge >= 0.3 is 5.97 Å². The summed E-state index contributed by atoms with van der Waals surface area (Å²) in [6.07, 6.45) is 1.43. The molecule has 3 aromatic rings. The molecule has 0 bridgehead atoms. The van der Waals surface area contributed by atoms with E-state index in [0.29, 0.717) is 29.9 Å². The number of rotatable bonds is 6. The predicted molar refractivity (Wildman–Crippen MR) is 103 cm³/mol. The van der Waals surface area contributed by atoms with Crippen molar-refractivity contribution in [1.29, 1.82) is 0 Å². The topological polar surface area (TPSA) is 80.0 Å². The summed E-state index contributed by atoms with van der Waals surface area (Å²) in [6.45, 7) is 0.729. The molecule has 6 heteroatoms. The summed E-state index contributed by atoms with van der Waals surface area (Å²) in [4.78, 5) is 26.0. The van der Waals surface area contributed by atoms with Gasteiger partial charge in [-0.2, -0.15) is 0 Å². The molecule has 28 heavy (non-hydrogen) atoms. The summed E-state index contributed by atoms with van der Waals surface area (Å²) < 4.78 is 11.8. The van der Waals surface area contributed by atoms with Crippen LogP contribution in [0.15, 0.2) is 59.0 Å². The first-order valence-corrected chi connectivity index (χ1v) is 9.34. The lowest BCUT2D eigenvalue weighted by Gasteiger charge is -2.22. The molecule has 144 valence electrons. The zero-order chi connectivity index (χ0) is 19.5. The molecule has 1 amide bonds. The van der Waals surface area contributed by atoms with Crippen molar-refractivity contribution in [2.24, 2.45) is 0 Å². The van der Waals surface area contributed by atoms with Crippen LogP contribution in [-0.4, -0.2) is 34.5 Å². The third-order valence-corrected chi connectivity index (χ3v) is 5.07. The summed E-state index contributed by atoms with van der Waals surface area (Å²) in [5.74, 6) is -0.237. The first kappa shape index (κ1) is 18.1. The van der Waals surface area contributed by atoms with E-state index in [1.807, 2.05) is 54.6 Å². The van der Waals surface area contributed by atoms with E-state index in [0.717, 1.165) is 11.8 Å². The molecule has 2 heterocycles. The summed E-state index contributed by atoms with van der Waals surface area (Å²) in [6, 6.07) is 16.5. The molecule has 1 fully saturated rings. The number of hydrogen-bond donors (Lipinski definition) is 1. The van der Waals surface area contributed by atoms with Gasteiger partial charge in [0.05, 0.1) is 6.42 Å². The fourth-order valence-electron chi connectivity index (χ4n) is 3.73. The highest BCUT2D eigenvalue weighted by atomic mass is 16.5. The Morgan fingerprint density at radius 1 is 1.11 bits per heavy atom. The number of nitrogens with zero attached hydrogens (tertiary/aromatic N) is 1. The fourth-order valence-corrected chi connectivity index (χ4v) is 3.73. The molecular weight excluding hydrogens is 358 g/mol. The second-order valence-electron chi connectivity index (χ2n) is 6.90. The number of ether oxygens (including phenoxy) is 1. The SMILES string of the molecule is O=C(O)CC1CCCN1C(=O)c1oc2ccccc2c1COc1ccccc1. The Hall–Kier alpha value is -3.28. The Kier molecular flexibility index (Phi) is 5.02. The van der Waals surface area contributed by atoms with E-state index in [1.165, 1.54) is 0 Å². The Morgan fingerprint density at radius 3 is 2.64 bits per heavy atom. The minimum Gasteiger partial charge on any atom is -0.489 e. The minimum atomic E-state index is -0.901. The third-order valence-electron chi connectivity index (χ3n) is 5.07. The lowest BCUT2D eigenvalue weighted by atomic mass is 10.1. The lowest BCUT2D eigenvalue weighted by Crippen LogP contribution is -2.37. The molecule has 4 rings (SSSR count). The van der Waals surface area contributed by atoms with E-state index < -0.39 is 5.97 Å². The molecular formula is C22H21NO5. The highest BCUT2D eigenvalue weighted by molar-refractivity contribution is 5.99. The molecule has 1 atom stereocenters. The van der Waals surface area contributed by atoms with Crippen molar-refractivity contribution in [2.45, 2.75) is 31.9 Å². The average molecular weight is 379 g/mol. The molecule has 2 aromatic carbocycles. The molecule has 1 aliphatic rings. The maximum Gasteiger partial charge on any atom is 0.305 e. The van der Waals surface area contributed by atoms with Gasteiger partial charge in [-0.1, -0.05) is 36.4 Å². The van der Waals surface area contributed by atoms with Gasteiger partial charge in [-0.05, 0) is 31.0 Å². The summed E-state index contributed by atoms with van der Waals surface area (Å²) in [5.41, 5.74) is 1.30. The number of likely N-dealkylation sites (tertiary alicyclic amines) is 1. The van der Waals surface area contributed by atoms with Crippen LogP contribution in [-0.2, 0) is 11.4 Å². The number of furan rings is 1. The van der Waals surface area contributed by atoms with E-state index in [9.17, 15) is 9.59 Å². The van der Waals surface area contributed by atoms with Crippen LogP contribution in [0.2, 0.25) is 0 Å². The van der Waals surface area contributed by atoms with Crippen LogP contribution in [0.1, 0.15) is 35.4 Å². The standard InChI is InChI=1S/C22H21NO5/c24-20(25)13-15-7-6-12-23(15)22(26)21-18(14-27-16-8-2-1-3-9-16)17-10-4-5-11-19(17)28-21/h1-5,8-11,15H,6-7,12-14H2,(H,24,25). The van der Waals surface area contributed by atoms with Crippen molar-refractivity contribution in [3.63, 3.8) is 0 Å². The number of carboxylic acid groups (broad SMARTS) is 1.